The fraction of sp³-hybridized carbons (Fsp3) is 0. The largest absolute Gasteiger partial charge is 0.399 e. The van der Waals surface area contributed by atoms with Gasteiger partial charge in [0.15, 0.2) is 0 Å². The number of nitrogens with two attached hydrogens (primary N) is 1. The molecule has 0 fully saturated rings. The van der Waals surface area contributed by atoms with E-state index >= 15 is 0 Å². The minimum absolute atomic E-state index is 0.762. The molecule has 1 nitrogen and oxygen atoms in total. The van der Waals surface area contributed by atoms with Crippen molar-refractivity contribution < 1.29 is 0 Å². The maximum atomic E-state index is 5.66. The van der Waals surface area contributed by atoms with Crippen LogP contribution in [-0.2, 0) is 0 Å². The smallest absolute Gasteiger partial charge is 0.0778 e. The van der Waals surface area contributed by atoms with Crippen LogP contribution in [0.5, 0.6) is 0 Å². The first-order chi connectivity index (χ1) is 9.81. The van der Waals surface area contributed by atoms with E-state index in [0.29, 0.717) is 0 Å². The van der Waals surface area contributed by atoms with Gasteiger partial charge >= 0.3 is 0 Å². The van der Waals surface area contributed by atoms with Crippen molar-refractivity contribution in [3.05, 3.63) is 77.2 Å². The molecular formula is C18H13NS. The Hall–Kier alpha value is -2.50. The molecule has 1 heterocycles. The summed E-state index contributed by atoms with van der Waals surface area (Å²) in [5.74, 6) is 6.36. The summed E-state index contributed by atoms with van der Waals surface area (Å²) in [7, 11) is 0. The van der Waals surface area contributed by atoms with E-state index in [4.69, 9.17) is 5.73 Å². The number of thiophene rings is 1. The Balaban J connectivity index is 1.83. The monoisotopic (exact) mass is 275 g/mol. The van der Waals surface area contributed by atoms with E-state index in [-0.39, 0.29) is 0 Å². The molecule has 2 heteroatoms. The quantitative estimate of drug-likeness (QED) is 0.517. The Morgan fingerprint density at radius 1 is 0.750 bits per heavy atom. The van der Waals surface area contributed by atoms with Gasteiger partial charge in [-0.05, 0) is 42.0 Å². The zero-order chi connectivity index (χ0) is 13.8. The molecule has 0 aliphatic carbocycles. The van der Waals surface area contributed by atoms with E-state index in [1.54, 1.807) is 11.3 Å². The summed E-state index contributed by atoms with van der Waals surface area (Å²) < 4.78 is 0. The van der Waals surface area contributed by atoms with Crippen LogP contribution in [0.25, 0.3) is 10.4 Å². The Labute approximate surface area is 122 Å². The molecule has 0 amide bonds. The fourth-order valence-electron chi connectivity index (χ4n) is 1.86. The predicted molar refractivity (Wildman–Crippen MR) is 86.6 cm³/mol. The van der Waals surface area contributed by atoms with E-state index in [1.165, 1.54) is 10.4 Å². The molecule has 0 saturated carbocycles. The average molecular weight is 275 g/mol. The van der Waals surface area contributed by atoms with E-state index in [2.05, 4.69) is 48.2 Å². The zero-order valence-corrected chi connectivity index (χ0v) is 11.7. The van der Waals surface area contributed by atoms with Gasteiger partial charge in [-0.3, -0.25) is 0 Å². The average Bonchev–Trinajstić information content (AvgIpc) is 2.97. The second-order valence-corrected chi connectivity index (χ2v) is 5.49. The molecule has 20 heavy (non-hydrogen) atoms. The van der Waals surface area contributed by atoms with Crippen LogP contribution in [0.1, 0.15) is 10.4 Å². The van der Waals surface area contributed by atoms with E-state index < -0.39 is 0 Å². The normalized spacial score (nSPS) is 9.80. The summed E-state index contributed by atoms with van der Waals surface area (Å²) in [6, 6.07) is 22.2. The SMILES string of the molecule is Nc1ccc(C#Cc2ccc(-c3ccccc3)s2)cc1. The minimum Gasteiger partial charge on any atom is -0.399 e. The molecule has 0 saturated heterocycles. The molecule has 2 aromatic carbocycles. The molecule has 2 N–H and O–H groups in total. The van der Waals surface area contributed by atoms with Gasteiger partial charge in [-0.2, -0.15) is 0 Å². The van der Waals surface area contributed by atoms with Gasteiger partial charge in [-0.15, -0.1) is 11.3 Å². The molecule has 0 aliphatic rings. The van der Waals surface area contributed by atoms with Crippen molar-refractivity contribution in [2.75, 3.05) is 5.73 Å². The van der Waals surface area contributed by atoms with Gasteiger partial charge in [0.25, 0.3) is 0 Å². The molecule has 0 spiro atoms. The summed E-state index contributed by atoms with van der Waals surface area (Å²) in [4.78, 5) is 2.31. The molecule has 1 aromatic heterocycles. The molecule has 0 aliphatic heterocycles. The van der Waals surface area contributed by atoms with Crippen molar-refractivity contribution >= 4 is 17.0 Å². The first kappa shape index (κ1) is 12.5. The number of anilines is 1. The van der Waals surface area contributed by atoms with Crippen LogP contribution in [0.15, 0.2) is 66.7 Å². The second kappa shape index (κ2) is 5.64. The highest BCUT2D eigenvalue weighted by Crippen LogP contribution is 2.27. The van der Waals surface area contributed by atoms with Crippen LogP contribution < -0.4 is 5.73 Å². The Bertz CT molecular complexity index is 758. The Morgan fingerprint density at radius 3 is 2.25 bits per heavy atom. The van der Waals surface area contributed by atoms with Crippen LogP contribution in [0.2, 0.25) is 0 Å². The standard InChI is InChI=1S/C18H13NS/c19-16-9-6-14(7-10-16)8-11-17-12-13-18(20-17)15-4-2-1-3-5-15/h1-7,9-10,12-13H,19H2. The van der Waals surface area contributed by atoms with Gasteiger partial charge in [0.1, 0.15) is 0 Å². The van der Waals surface area contributed by atoms with Crippen LogP contribution >= 0.6 is 11.3 Å². The lowest BCUT2D eigenvalue weighted by Crippen LogP contribution is -1.82. The van der Waals surface area contributed by atoms with E-state index in [9.17, 15) is 0 Å². The van der Waals surface area contributed by atoms with E-state index in [1.807, 2.05) is 30.3 Å². The molecule has 0 radical (unpaired) electrons. The first-order valence-electron chi connectivity index (χ1n) is 6.34. The number of hydrogen-bond acceptors (Lipinski definition) is 2. The lowest BCUT2D eigenvalue weighted by molar-refractivity contribution is 1.63. The lowest BCUT2D eigenvalue weighted by atomic mass is 10.2. The van der Waals surface area contributed by atoms with Crippen molar-refractivity contribution in [2.45, 2.75) is 0 Å². The van der Waals surface area contributed by atoms with Crippen LogP contribution in [0.3, 0.4) is 0 Å². The third-order valence-corrected chi connectivity index (χ3v) is 3.95. The van der Waals surface area contributed by atoms with Crippen molar-refractivity contribution in [2.24, 2.45) is 0 Å². The molecule has 3 rings (SSSR count). The zero-order valence-electron chi connectivity index (χ0n) is 10.8. The number of rotatable bonds is 1. The third kappa shape index (κ3) is 2.90. The molecule has 96 valence electrons. The summed E-state index contributed by atoms with van der Waals surface area (Å²) in [5, 5.41) is 0. The van der Waals surface area contributed by atoms with E-state index in [0.717, 1.165) is 16.1 Å². The third-order valence-electron chi connectivity index (χ3n) is 2.91. The van der Waals surface area contributed by atoms with Crippen molar-refractivity contribution in [3.63, 3.8) is 0 Å². The Kier molecular flexibility index (Phi) is 3.54. The first-order valence-corrected chi connectivity index (χ1v) is 7.16. The van der Waals surface area contributed by atoms with Crippen LogP contribution in [0, 0.1) is 11.8 Å². The van der Waals surface area contributed by atoms with Gasteiger partial charge in [0.2, 0.25) is 0 Å². The number of benzene rings is 2. The fourth-order valence-corrected chi connectivity index (χ4v) is 2.73. The van der Waals surface area contributed by atoms with Gasteiger partial charge in [-0.25, -0.2) is 0 Å². The Morgan fingerprint density at radius 2 is 1.50 bits per heavy atom. The lowest BCUT2D eigenvalue weighted by Gasteiger charge is -1.93. The highest BCUT2D eigenvalue weighted by molar-refractivity contribution is 7.16. The van der Waals surface area contributed by atoms with Crippen LogP contribution in [0.4, 0.5) is 5.69 Å². The minimum atomic E-state index is 0.762. The topological polar surface area (TPSA) is 26.0 Å². The summed E-state index contributed by atoms with van der Waals surface area (Å²) >= 11 is 1.71. The number of nitrogen functional groups attached to an aromatic ring is 1. The van der Waals surface area contributed by atoms with Crippen molar-refractivity contribution in [1.29, 1.82) is 0 Å². The molecule has 3 aromatic rings. The maximum absolute atomic E-state index is 5.66. The van der Waals surface area contributed by atoms with Gasteiger partial charge in [-0.1, -0.05) is 42.2 Å². The maximum Gasteiger partial charge on any atom is 0.0778 e. The van der Waals surface area contributed by atoms with Crippen molar-refractivity contribution in [1.82, 2.24) is 0 Å². The second-order valence-electron chi connectivity index (χ2n) is 4.40. The summed E-state index contributed by atoms with van der Waals surface area (Å²) in [6.45, 7) is 0. The van der Waals surface area contributed by atoms with Gasteiger partial charge in [0.05, 0.1) is 4.88 Å². The molecule has 0 atom stereocenters. The highest BCUT2D eigenvalue weighted by Gasteiger charge is 2.00. The molecule has 0 unspecified atom stereocenters. The summed E-state index contributed by atoms with van der Waals surface area (Å²) in [5.41, 5.74) is 8.63. The predicted octanol–water partition coefficient (Wildman–Crippen LogP) is 4.40. The molecule has 0 bridgehead atoms. The summed E-state index contributed by atoms with van der Waals surface area (Å²) in [6.07, 6.45) is 0. The number of hydrogen-bond donors (Lipinski definition) is 1. The van der Waals surface area contributed by atoms with Gasteiger partial charge < -0.3 is 5.73 Å². The van der Waals surface area contributed by atoms with Crippen molar-refractivity contribution in [3.8, 4) is 22.3 Å². The molecular weight excluding hydrogens is 262 g/mol. The van der Waals surface area contributed by atoms with Crippen LogP contribution in [-0.4, -0.2) is 0 Å². The van der Waals surface area contributed by atoms with Gasteiger partial charge in [0, 0.05) is 16.1 Å². The highest BCUT2D eigenvalue weighted by atomic mass is 32.1.